The topological polar surface area (TPSA) is 81.4 Å². The van der Waals surface area contributed by atoms with Gasteiger partial charge in [0.25, 0.3) is 5.91 Å². The molecule has 1 aliphatic rings. The molecule has 1 rings (SSSR count). The number of hydrogen-bond donors (Lipinski definition) is 2. The van der Waals surface area contributed by atoms with Gasteiger partial charge < -0.3 is 15.8 Å². The van der Waals surface area contributed by atoms with E-state index < -0.39 is 17.6 Å². The molecule has 1 saturated heterocycles. The zero-order chi connectivity index (χ0) is 10.8. The maximum absolute atomic E-state index is 11.6. The van der Waals surface area contributed by atoms with Gasteiger partial charge in [-0.2, -0.15) is 0 Å². The van der Waals surface area contributed by atoms with E-state index in [9.17, 15) is 9.59 Å². The predicted octanol–water partition coefficient (Wildman–Crippen LogP) is -0.454. The normalized spacial score (nSPS) is 28.4. The molecule has 0 saturated carbocycles. The van der Waals surface area contributed by atoms with Crippen molar-refractivity contribution in [2.45, 2.75) is 38.3 Å². The summed E-state index contributed by atoms with van der Waals surface area (Å²) in [6.45, 7) is 3.87. The summed E-state index contributed by atoms with van der Waals surface area (Å²) < 4.78 is 5.32. The van der Waals surface area contributed by atoms with E-state index in [0.29, 0.717) is 13.0 Å². The Labute approximate surface area is 83.0 Å². The van der Waals surface area contributed by atoms with Gasteiger partial charge in [0.05, 0.1) is 0 Å². The van der Waals surface area contributed by atoms with Crippen LogP contribution < -0.4 is 11.1 Å². The Morgan fingerprint density at radius 2 is 2.21 bits per heavy atom. The number of hydrogen-bond acceptors (Lipinski definition) is 3. The summed E-state index contributed by atoms with van der Waals surface area (Å²) >= 11 is 0. The summed E-state index contributed by atoms with van der Waals surface area (Å²) in [5.41, 5.74) is 4.24. The number of amides is 2. The van der Waals surface area contributed by atoms with Gasteiger partial charge in [-0.15, -0.1) is 0 Å². The molecule has 1 heterocycles. The van der Waals surface area contributed by atoms with Gasteiger partial charge in [-0.1, -0.05) is 0 Å². The third-order valence-corrected chi connectivity index (χ3v) is 2.47. The van der Waals surface area contributed by atoms with Crippen LogP contribution >= 0.6 is 0 Å². The standard InChI is InChI=1S/C9H16N2O3/c1-6(7(10)12)11-8(13)9(2)4-3-5-14-9/h6H,3-5H2,1-2H3,(H2,10,12)(H,11,13)/t6-,9?/m0/s1. The maximum atomic E-state index is 11.6. The quantitative estimate of drug-likeness (QED) is 0.647. The summed E-state index contributed by atoms with van der Waals surface area (Å²) in [6, 6.07) is -0.650. The first-order valence-electron chi connectivity index (χ1n) is 4.70. The highest BCUT2D eigenvalue weighted by Crippen LogP contribution is 2.24. The van der Waals surface area contributed by atoms with Crippen LogP contribution in [-0.2, 0) is 14.3 Å². The minimum Gasteiger partial charge on any atom is -0.368 e. The summed E-state index contributed by atoms with van der Waals surface area (Å²) in [5.74, 6) is -0.804. The van der Waals surface area contributed by atoms with Crippen LogP contribution in [0.2, 0.25) is 0 Å². The predicted molar refractivity (Wildman–Crippen MR) is 50.4 cm³/mol. The zero-order valence-electron chi connectivity index (χ0n) is 8.50. The van der Waals surface area contributed by atoms with E-state index in [1.54, 1.807) is 13.8 Å². The van der Waals surface area contributed by atoms with E-state index in [4.69, 9.17) is 10.5 Å². The van der Waals surface area contributed by atoms with Gasteiger partial charge in [-0.3, -0.25) is 9.59 Å². The van der Waals surface area contributed by atoms with E-state index in [2.05, 4.69) is 5.32 Å². The van der Waals surface area contributed by atoms with E-state index in [1.165, 1.54) is 0 Å². The molecule has 0 bridgehead atoms. The molecule has 0 spiro atoms. The van der Waals surface area contributed by atoms with Crippen molar-refractivity contribution in [3.8, 4) is 0 Å². The van der Waals surface area contributed by atoms with Crippen molar-refractivity contribution in [3.63, 3.8) is 0 Å². The molecule has 0 aliphatic carbocycles. The minimum atomic E-state index is -0.788. The molecule has 1 fully saturated rings. The fourth-order valence-corrected chi connectivity index (χ4v) is 1.38. The van der Waals surface area contributed by atoms with Gasteiger partial charge in [0.2, 0.25) is 5.91 Å². The second-order valence-corrected chi connectivity index (χ2v) is 3.78. The smallest absolute Gasteiger partial charge is 0.252 e. The van der Waals surface area contributed by atoms with Crippen LogP contribution in [0.5, 0.6) is 0 Å². The van der Waals surface area contributed by atoms with Gasteiger partial charge in [0, 0.05) is 6.61 Å². The van der Waals surface area contributed by atoms with E-state index in [-0.39, 0.29) is 5.91 Å². The largest absolute Gasteiger partial charge is 0.368 e. The maximum Gasteiger partial charge on any atom is 0.252 e. The van der Waals surface area contributed by atoms with Gasteiger partial charge >= 0.3 is 0 Å². The molecule has 1 aliphatic heterocycles. The van der Waals surface area contributed by atoms with Gasteiger partial charge in [0.15, 0.2) is 0 Å². The highest BCUT2D eigenvalue weighted by Gasteiger charge is 2.38. The molecule has 2 amide bonds. The van der Waals surface area contributed by atoms with Gasteiger partial charge in [-0.05, 0) is 26.7 Å². The van der Waals surface area contributed by atoms with Crippen LogP contribution in [0, 0.1) is 0 Å². The van der Waals surface area contributed by atoms with Crippen LogP contribution in [0.1, 0.15) is 26.7 Å². The summed E-state index contributed by atoms with van der Waals surface area (Å²) in [7, 11) is 0. The molecular weight excluding hydrogens is 184 g/mol. The number of carbonyl (C=O) groups is 2. The molecular formula is C9H16N2O3. The molecule has 14 heavy (non-hydrogen) atoms. The Morgan fingerprint density at radius 3 is 2.64 bits per heavy atom. The second kappa shape index (κ2) is 3.96. The summed E-state index contributed by atoms with van der Waals surface area (Å²) in [4.78, 5) is 22.4. The van der Waals surface area contributed by atoms with E-state index in [0.717, 1.165) is 6.42 Å². The van der Waals surface area contributed by atoms with Crippen molar-refractivity contribution >= 4 is 11.8 Å². The third-order valence-electron chi connectivity index (χ3n) is 2.47. The van der Waals surface area contributed by atoms with Crippen LogP contribution in [0.15, 0.2) is 0 Å². The van der Waals surface area contributed by atoms with Crippen molar-refractivity contribution in [1.82, 2.24) is 5.32 Å². The highest BCUT2D eigenvalue weighted by molar-refractivity contribution is 5.90. The number of rotatable bonds is 3. The first-order chi connectivity index (χ1) is 6.46. The molecule has 80 valence electrons. The molecule has 0 radical (unpaired) electrons. The third kappa shape index (κ3) is 2.23. The van der Waals surface area contributed by atoms with Crippen LogP contribution in [0.25, 0.3) is 0 Å². The first-order valence-corrected chi connectivity index (χ1v) is 4.70. The number of ether oxygens (including phenoxy) is 1. The lowest BCUT2D eigenvalue weighted by atomic mass is 10.0. The van der Waals surface area contributed by atoms with Crippen molar-refractivity contribution in [2.24, 2.45) is 5.73 Å². The van der Waals surface area contributed by atoms with Gasteiger partial charge in [-0.25, -0.2) is 0 Å². The first kappa shape index (κ1) is 11.0. The molecule has 0 aromatic carbocycles. The molecule has 5 heteroatoms. The van der Waals surface area contributed by atoms with Crippen LogP contribution in [0.4, 0.5) is 0 Å². The lowest BCUT2D eigenvalue weighted by Gasteiger charge is -2.23. The molecule has 0 aromatic heterocycles. The zero-order valence-corrected chi connectivity index (χ0v) is 8.50. The van der Waals surface area contributed by atoms with Crippen LogP contribution in [-0.4, -0.2) is 30.1 Å². The summed E-state index contributed by atoms with van der Waals surface area (Å²) in [5, 5.41) is 2.52. The molecule has 5 nitrogen and oxygen atoms in total. The Kier molecular flexibility index (Phi) is 3.10. The minimum absolute atomic E-state index is 0.263. The van der Waals surface area contributed by atoms with Crippen molar-refractivity contribution in [3.05, 3.63) is 0 Å². The van der Waals surface area contributed by atoms with Crippen molar-refractivity contribution < 1.29 is 14.3 Å². The highest BCUT2D eigenvalue weighted by atomic mass is 16.5. The number of nitrogens with two attached hydrogens (primary N) is 1. The monoisotopic (exact) mass is 200 g/mol. The van der Waals surface area contributed by atoms with Gasteiger partial charge in [0.1, 0.15) is 11.6 Å². The lowest BCUT2D eigenvalue weighted by molar-refractivity contribution is -0.141. The Bertz CT molecular complexity index is 246. The van der Waals surface area contributed by atoms with Crippen molar-refractivity contribution in [1.29, 1.82) is 0 Å². The second-order valence-electron chi connectivity index (χ2n) is 3.78. The van der Waals surface area contributed by atoms with E-state index in [1.807, 2.05) is 0 Å². The van der Waals surface area contributed by atoms with E-state index >= 15 is 0 Å². The molecule has 0 aromatic rings. The number of carbonyl (C=O) groups excluding carboxylic acids is 2. The molecule has 2 atom stereocenters. The Morgan fingerprint density at radius 1 is 1.57 bits per heavy atom. The fourth-order valence-electron chi connectivity index (χ4n) is 1.38. The molecule has 3 N–H and O–H groups in total. The number of nitrogens with one attached hydrogen (secondary N) is 1. The molecule has 1 unspecified atom stereocenters. The fraction of sp³-hybridized carbons (Fsp3) is 0.778. The van der Waals surface area contributed by atoms with Crippen LogP contribution in [0.3, 0.4) is 0 Å². The Hall–Kier alpha value is -1.10. The average molecular weight is 200 g/mol. The SMILES string of the molecule is C[C@H](NC(=O)C1(C)CCCO1)C(N)=O. The Balaban J connectivity index is 2.53. The number of primary amides is 1. The van der Waals surface area contributed by atoms with Crippen molar-refractivity contribution in [2.75, 3.05) is 6.61 Å². The average Bonchev–Trinajstić information content (AvgIpc) is 2.53. The lowest BCUT2D eigenvalue weighted by Crippen LogP contribution is -2.51. The summed E-state index contributed by atoms with van der Waals surface area (Å²) in [6.07, 6.45) is 1.55.